The molecule has 1 aromatic rings. The average Bonchev–Trinajstić information content (AvgIpc) is 3.30. The van der Waals surface area contributed by atoms with Crippen molar-refractivity contribution in [2.75, 3.05) is 0 Å². The molecular weight excluding hydrogens is 478 g/mol. The number of carboxylic acids is 2. The molecule has 1 rings (SSSR count). The number of aliphatic carboxylic acids is 2. The van der Waals surface area contributed by atoms with E-state index in [0.29, 0.717) is 5.69 Å². The van der Waals surface area contributed by atoms with Gasteiger partial charge < -0.3 is 42.6 Å². The van der Waals surface area contributed by atoms with Gasteiger partial charge in [-0.15, -0.1) is 0 Å². The summed E-state index contributed by atoms with van der Waals surface area (Å²) in [6.07, 6.45) is 1.59. The molecule has 0 bridgehead atoms. The van der Waals surface area contributed by atoms with Gasteiger partial charge >= 0.3 is 11.9 Å². The van der Waals surface area contributed by atoms with E-state index in [4.69, 9.17) is 16.6 Å². The van der Waals surface area contributed by atoms with Crippen LogP contribution in [0.15, 0.2) is 12.5 Å². The van der Waals surface area contributed by atoms with Gasteiger partial charge in [-0.05, 0) is 18.8 Å². The highest BCUT2D eigenvalue weighted by atomic mass is 16.4. The quantitative estimate of drug-likeness (QED) is 0.117. The van der Waals surface area contributed by atoms with Crippen LogP contribution in [-0.2, 0) is 35.2 Å². The molecule has 4 amide bonds. The van der Waals surface area contributed by atoms with Crippen LogP contribution in [0.1, 0.15) is 45.2 Å². The van der Waals surface area contributed by atoms with Crippen LogP contribution in [-0.4, -0.2) is 79.9 Å². The largest absolute Gasteiger partial charge is 0.481 e. The number of nitrogens with one attached hydrogen (secondary N) is 4. The number of carboxylic acid groups (broad SMARTS) is 2. The number of hydrogen-bond donors (Lipinski definition) is 8. The Labute approximate surface area is 206 Å². The summed E-state index contributed by atoms with van der Waals surface area (Å²) in [6.45, 7) is 3.20. The zero-order chi connectivity index (χ0) is 27.4. The van der Waals surface area contributed by atoms with Gasteiger partial charge in [0.2, 0.25) is 23.6 Å². The van der Waals surface area contributed by atoms with E-state index in [2.05, 4.69) is 25.9 Å². The molecule has 0 aliphatic heterocycles. The third kappa shape index (κ3) is 10.5. The van der Waals surface area contributed by atoms with Crippen molar-refractivity contribution in [1.29, 1.82) is 0 Å². The normalized spacial score (nSPS) is 14.2. The molecule has 1 aromatic heterocycles. The van der Waals surface area contributed by atoms with Crippen LogP contribution >= 0.6 is 0 Å². The molecule has 36 heavy (non-hydrogen) atoms. The highest BCUT2D eigenvalue weighted by molar-refractivity contribution is 5.94. The van der Waals surface area contributed by atoms with Crippen LogP contribution in [0.4, 0.5) is 0 Å². The van der Waals surface area contributed by atoms with Crippen LogP contribution in [0.25, 0.3) is 0 Å². The Hall–Kier alpha value is -4.01. The smallest absolute Gasteiger partial charge is 0.326 e. The van der Waals surface area contributed by atoms with Gasteiger partial charge in [-0.2, -0.15) is 0 Å². The first-order valence-electron chi connectivity index (χ1n) is 11.2. The fraction of sp³-hybridized carbons (Fsp3) is 0.571. The van der Waals surface area contributed by atoms with Crippen molar-refractivity contribution in [3.8, 4) is 0 Å². The Balaban J connectivity index is 3.07. The van der Waals surface area contributed by atoms with Crippen LogP contribution in [0.2, 0.25) is 0 Å². The maximum atomic E-state index is 13.0. The van der Waals surface area contributed by atoms with Crippen LogP contribution in [0.3, 0.4) is 0 Å². The molecule has 0 aromatic carbocycles. The summed E-state index contributed by atoms with van der Waals surface area (Å²) in [5, 5.41) is 25.6. The third-order valence-electron chi connectivity index (χ3n) is 5.16. The SMILES string of the molecule is CC(C)C(NC(=O)C(Cc1cnc[nH]1)NC(=O)C(CCC(=O)O)NC(=O)C(N)CCC(N)=O)C(=O)O. The lowest BCUT2D eigenvalue weighted by molar-refractivity contribution is -0.143. The molecule has 0 saturated carbocycles. The van der Waals surface area contributed by atoms with E-state index in [0.717, 1.165) is 0 Å². The van der Waals surface area contributed by atoms with Crippen molar-refractivity contribution in [2.45, 2.75) is 70.1 Å². The molecule has 10 N–H and O–H groups in total. The fourth-order valence-electron chi connectivity index (χ4n) is 3.11. The molecule has 4 atom stereocenters. The minimum atomic E-state index is -1.38. The van der Waals surface area contributed by atoms with E-state index in [1.807, 2.05) is 0 Å². The number of imidazole rings is 1. The molecule has 0 fully saturated rings. The van der Waals surface area contributed by atoms with E-state index in [-0.39, 0.29) is 25.7 Å². The minimum absolute atomic E-state index is 0.0922. The van der Waals surface area contributed by atoms with Crippen molar-refractivity contribution in [3.05, 3.63) is 18.2 Å². The summed E-state index contributed by atoms with van der Waals surface area (Å²) in [6, 6.07) is -5.09. The number of amides is 4. The van der Waals surface area contributed by atoms with Crippen molar-refractivity contribution < 1.29 is 39.0 Å². The number of nitrogens with zero attached hydrogens (tertiary/aromatic N) is 1. The molecule has 1 heterocycles. The van der Waals surface area contributed by atoms with Gasteiger partial charge in [0, 0.05) is 31.2 Å². The van der Waals surface area contributed by atoms with Crippen molar-refractivity contribution in [3.63, 3.8) is 0 Å². The molecule has 15 nitrogen and oxygen atoms in total. The summed E-state index contributed by atoms with van der Waals surface area (Å²) in [5.41, 5.74) is 11.2. The molecule has 200 valence electrons. The molecule has 15 heteroatoms. The number of hydrogen-bond acceptors (Lipinski definition) is 8. The zero-order valence-corrected chi connectivity index (χ0v) is 20.0. The monoisotopic (exact) mass is 511 g/mol. The second kappa shape index (κ2) is 14.4. The zero-order valence-electron chi connectivity index (χ0n) is 20.0. The standard InChI is InChI=1S/C21H33N7O8/c1-10(2)17(21(35)36)28-20(34)14(7-11-8-24-9-25-11)27-19(33)13(4-6-16(30)31)26-18(32)12(22)3-5-15(23)29/h8-10,12-14,17H,3-7,22H2,1-2H3,(H2,23,29)(H,24,25)(H,26,32)(H,27,33)(H,28,34)(H,30,31)(H,35,36). The van der Waals surface area contributed by atoms with E-state index < -0.39 is 72.1 Å². The van der Waals surface area contributed by atoms with Crippen molar-refractivity contribution in [1.82, 2.24) is 25.9 Å². The summed E-state index contributed by atoms with van der Waals surface area (Å²) >= 11 is 0. The molecular formula is C21H33N7O8. The lowest BCUT2D eigenvalue weighted by Crippen LogP contribution is -2.58. The summed E-state index contributed by atoms with van der Waals surface area (Å²) in [5.74, 6) is -6.13. The second-order valence-electron chi connectivity index (χ2n) is 8.52. The summed E-state index contributed by atoms with van der Waals surface area (Å²) in [7, 11) is 0. The molecule has 0 aliphatic carbocycles. The Bertz CT molecular complexity index is 935. The van der Waals surface area contributed by atoms with E-state index >= 15 is 0 Å². The van der Waals surface area contributed by atoms with E-state index in [9.17, 15) is 33.9 Å². The van der Waals surface area contributed by atoms with Gasteiger partial charge in [-0.25, -0.2) is 9.78 Å². The maximum absolute atomic E-state index is 13.0. The lowest BCUT2D eigenvalue weighted by atomic mass is 10.0. The number of aromatic nitrogens is 2. The van der Waals surface area contributed by atoms with E-state index in [1.165, 1.54) is 12.5 Å². The van der Waals surface area contributed by atoms with Gasteiger partial charge in [0.05, 0.1) is 12.4 Å². The van der Waals surface area contributed by atoms with Crippen LogP contribution in [0, 0.1) is 5.92 Å². The molecule has 0 saturated heterocycles. The maximum Gasteiger partial charge on any atom is 0.326 e. The molecule has 0 radical (unpaired) electrons. The number of primary amides is 1. The Morgan fingerprint density at radius 3 is 2.06 bits per heavy atom. The number of carbonyl (C=O) groups excluding carboxylic acids is 4. The number of nitrogens with two attached hydrogens (primary N) is 2. The Kier molecular flexibility index (Phi) is 12.0. The average molecular weight is 512 g/mol. The third-order valence-corrected chi connectivity index (χ3v) is 5.16. The molecule has 0 spiro atoms. The van der Waals surface area contributed by atoms with Gasteiger partial charge in [0.15, 0.2) is 0 Å². The highest BCUT2D eigenvalue weighted by Gasteiger charge is 2.32. The van der Waals surface area contributed by atoms with Gasteiger partial charge in [-0.3, -0.25) is 24.0 Å². The predicted octanol–water partition coefficient (Wildman–Crippen LogP) is -2.40. The number of H-pyrrole nitrogens is 1. The highest BCUT2D eigenvalue weighted by Crippen LogP contribution is 2.07. The topological polar surface area (TPSA) is 260 Å². The Morgan fingerprint density at radius 2 is 1.56 bits per heavy atom. The van der Waals surface area contributed by atoms with Gasteiger partial charge in [-0.1, -0.05) is 13.8 Å². The second-order valence-corrected chi connectivity index (χ2v) is 8.52. The first kappa shape index (κ1) is 30.0. The van der Waals surface area contributed by atoms with E-state index in [1.54, 1.807) is 13.8 Å². The molecule has 4 unspecified atom stereocenters. The number of carbonyl (C=O) groups is 6. The van der Waals surface area contributed by atoms with Crippen molar-refractivity contribution in [2.24, 2.45) is 17.4 Å². The fourth-order valence-corrected chi connectivity index (χ4v) is 3.11. The first-order valence-corrected chi connectivity index (χ1v) is 11.2. The first-order chi connectivity index (χ1) is 16.8. The van der Waals surface area contributed by atoms with Crippen LogP contribution < -0.4 is 27.4 Å². The van der Waals surface area contributed by atoms with Crippen LogP contribution in [0.5, 0.6) is 0 Å². The van der Waals surface area contributed by atoms with Crippen molar-refractivity contribution >= 4 is 35.6 Å². The predicted molar refractivity (Wildman–Crippen MR) is 124 cm³/mol. The summed E-state index contributed by atoms with van der Waals surface area (Å²) in [4.78, 5) is 78.5. The number of rotatable bonds is 16. The van der Waals surface area contributed by atoms with Gasteiger partial charge in [0.1, 0.15) is 18.1 Å². The Morgan fingerprint density at radius 1 is 0.944 bits per heavy atom. The molecule has 0 aliphatic rings. The van der Waals surface area contributed by atoms with Gasteiger partial charge in [0.25, 0.3) is 0 Å². The lowest BCUT2D eigenvalue weighted by Gasteiger charge is -2.25. The minimum Gasteiger partial charge on any atom is -0.481 e. The number of aromatic amines is 1. The summed E-state index contributed by atoms with van der Waals surface area (Å²) < 4.78 is 0.